The van der Waals surface area contributed by atoms with Crippen LogP contribution in [0.1, 0.15) is 16.1 Å². The average Bonchev–Trinajstić information content (AvgIpc) is 2.79. The summed E-state index contributed by atoms with van der Waals surface area (Å²) < 4.78 is 4.31. The van der Waals surface area contributed by atoms with E-state index >= 15 is 0 Å². The predicted molar refractivity (Wildman–Crippen MR) is 69.5 cm³/mol. The van der Waals surface area contributed by atoms with Crippen LogP contribution in [0.4, 0.5) is 17.2 Å². The maximum absolute atomic E-state index is 11.8. The monoisotopic (exact) mass is 297 g/mol. The van der Waals surface area contributed by atoms with Gasteiger partial charge in [0, 0.05) is 11.8 Å². The number of carbonyl (C=O) groups excluding carboxylic acids is 1. The van der Waals surface area contributed by atoms with Crippen LogP contribution in [0.3, 0.4) is 0 Å². The van der Waals surface area contributed by atoms with Crippen molar-refractivity contribution in [2.45, 2.75) is 6.92 Å². The molecule has 0 radical (unpaired) electrons. The second-order valence-corrected chi connectivity index (χ2v) is 4.24. The fraction of sp³-hybridized carbons (Fsp3) is 0.100. The van der Waals surface area contributed by atoms with Crippen molar-refractivity contribution in [3.05, 3.63) is 38.5 Å². The Bertz CT molecular complexity index is 699. The van der Waals surface area contributed by atoms with Crippen molar-refractivity contribution >= 4 is 34.7 Å². The van der Waals surface area contributed by atoms with Crippen LogP contribution in [0.25, 0.3) is 0 Å². The van der Waals surface area contributed by atoms with Crippen LogP contribution in [-0.4, -0.2) is 21.1 Å². The number of nitro groups is 1. The zero-order valence-corrected chi connectivity index (χ0v) is 10.8. The minimum Gasteiger partial charge on any atom is -0.379 e. The Hall–Kier alpha value is -2.68. The normalized spacial score (nSPS) is 10.3. The summed E-state index contributed by atoms with van der Waals surface area (Å²) in [6.07, 6.45) is 0. The molecule has 0 saturated heterocycles. The van der Waals surface area contributed by atoms with E-state index < -0.39 is 10.8 Å². The number of aromatic nitrogens is 2. The summed E-state index contributed by atoms with van der Waals surface area (Å²) in [7, 11) is 0. The molecule has 0 aliphatic heterocycles. The molecule has 1 aromatic carbocycles. The van der Waals surface area contributed by atoms with Crippen molar-refractivity contribution in [2.75, 3.05) is 11.1 Å². The first-order valence-electron chi connectivity index (χ1n) is 5.24. The lowest BCUT2D eigenvalue weighted by Gasteiger charge is -2.07. The van der Waals surface area contributed by atoms with E-state index in [2.05, 4.69) is 20.3 Å². The van der Waals surface area contributed by atoms with Gasteiger partial charge in [0.15, 0.2) is 0 Å². The highest BCUT2D eigenvalue weighted by molar-refractivity contribution is 6.33. The molecule has 0 aliphatic rings. The molecule has 104 valence electrons. The summed E-state index contributed by atoms with van der Waals surface area (Å²) in [6, 6.07) is 2.53. The highest BCUT2D eigenvalue weighted by Crippen LogP contribution is 2.30. The summed E-state index contributed by atoms with van der Waals surface area (Å²) in [4.78, 5) is 22.0. The summed E-state index contributed by atoms with van der Waals surface area (Å²) in [5, 5.41) is 19.7. The van der Waals surface area contributed by atoms with Gasteiger partial charge in [-0.05, 0) is 28.9 Å². The molecule has 0 atom stereocenters. The Labute approximate surface area is 116 Å². The van der Waals surface area contributed by atoms with Crippen LogP contribution >= 0.6 is 11.6 Å². The van der Waals surface area contributed by atoms with Gasteiger partial charge >= 0.3 is 0 Å². The predicted octanol–water partition coefficient (Wildman–Crippen LogP) is 1.77. The Kier molecular flexibility index (Phi) is 3.53. The van der Waals surface area contributed by atoms with Crippen LogP contribution < -0.4 is 11.1 Å². The van der Waals surface area contributed by atoms with Gasteiger partial charge in [0.05, 0.1) is 4.92 Å². The van der Waals surface area contributed by atoms with E-state index in [0.29, 0.717) is 11.3 Å². The first-order chi connectivity index (χ1) is 9.40. The van der Waals surface area contributed by atoms with Gasteiger partial charge in [-0.3, -0.25) is 14.9 Å². The molecular formula is C10H8ClN5O4. The van der Waals surface area contributed by atoms with Crippen LogP contribution in [0.2, 0.25) is 5.02 Å². The number of halogens is 1. The third-order valence-corrected chi connectivity index (χ3v) is 2.77. The van der Waals surface area contributed by atoms with E-state index in [4.69, 9.17) is 17.3 Å². The largest absolute Gasteiger partial charge is 0.379 e. The molecule has 3 N–H and O–H groups in total. The number of carbonyl (C=O) groups is 1. The van der Waals surface area contributed by atoms with Gasteiger partial charge in [0.1, 0.15) is 5.02 Å². The number of amides is 1. The Morgan fingerprint density at radius 3 is 2.75 bits per heavy atom. The van der Waals surface area contributed by atoms with Crippen molar-refractivity contribution in [3.8, 4) is 0 Å². The van der Waals surface area contributed by atoms with Gasteiger partial charge in [-0.1, -0.05) is 11.6 Å². The van der Waals surface area contributed by atoms with E-state index in [0.717, 1.165) is 0 Å². The smallest absolute Gasteiger partial charge is 0.288 e. The van der Waals surface area contributed by atoms with Gasteiger partial charge in [0.25, 0.3) is 11.6 Å². The van der Waals surface area contributed by atoms with Crippen molar-refractivity contribution in [3.63, 3.8) is 0 Å². The fourth-order valence-electron chi connectivity index (χ4n) is 1.48. The number of nitrogen functional groups attached to an aromatic ring is 1. The van der Waals surface area contributed by atoms with Crippen molar-refractivity contribution in [1.82, 2.24) is 10.3 Å². The molecule has 2 aromatic rings. The van der Waals surface area contributed by atoms with Gasteiger partial charge in [0.2, 0.25) is 11.5 Å². The molecule has 0 aliphatic carbocycles. The lowest BCUT2D eigenvalue weighted by atomic mass is 10.1. The molecule has 0 saturated carbocycles. The number of hydrogen-bond donors (Lipinski definition) is 2. The third-order valence-electron chi connectivity index (χ3n) is 2.47. The Morgan fingerprint density at radius 2 is 2.20 bits per heavy atom. The van der Waals surface area contributed by atoms with Gasteiger partial charge in [-0.15, -0.1) is 0 Å². The van der Waals surface area contributed by atoms with Crippen LogP contribution in [0, 0.1) is 17.0 Å². The molecule has 2 rings (SSSR count). The number of nitrogens with zero attached hydrogens (tertiary/aromatic N) is 3. The third kappa shape index (κ3) is 2.52. The maximum Gasteiger partial charge on any atom is 0.288 e. The standard InChI is InChI=1S/C10H8ClN5O4/c1-4-2-7(16(18)19)5(11)3-6(4)13-10(17)8-9(12)15-20-14-8/h2-3H,1H3,(H2,12,15)(H,13,17). The molecule has 10 heteroatoms. The van der Waals surface area contributed by atoms with Crippen molar-refractivity contribution < 1.29 is 14.3 Å². The number of rotatable bonds is 3. The maximum atomic E-state index is 11.8. The molecule has 20 heavy (non-hydrogen) atoms. The Balaban J connectivity index is 2.31. The molecule has 1 heterocycles. The number of nitro benzene ring substituents is 1. The highest BCUT2D eigenvalue weighted by atomic mass is 35.5. The molecule has 1 aromatic heterocycles. The number of nitrogens with two attached hydrogens (primary N) is 1. The van der Waals surface area contributed by atoms with E-state index in [-0.39, 0.29) is 22.2 Å². The van der Waals surface area contributed by atoms with E-state index in [1.807, 2.05) is 0 Å². The second kappa shape index (κ2) is 5.13. The van der Waals surface area contributed by atoms with Crippen LogP contribution in [0.5, 0.6) is 0 Å². The van der Waals surface area contributed by atoms with E-state index in [1.54, 1.807) is 6.92 Å². The Morgan fingerprint density at radius 1 is 1.50 bits per heavy atom. The van der Waals surface area contributed by atoms with Gasteiger partial charge in [-0.25, -0.2) is 4.63 Å². The minimum absolute atomic E-state index is 0.0952. The number of anilines is 2. The zero-order chi connectivity index (χ0) is 14.9. The molecule has 0 bridgehead atoms. The number of hydrogen-bond acceptors (Lipinski definition) is 7. The quantitative estimate of drug-likeness (QED) is 0.650. The first kappa shape index (κ1) is 13.7. The molecule has 0 fully saturated rings. The van der Waals surface area contributed by atoms with Gasteiger partial charge < -0.3 is 11.1 Å². The minimum atomic E-state index is -0.656. The lowest BCUT2D eigenvalue weighted by Crippen LogP contribution is -2.15. The number of aryl methyl sites for hydroxylation is 1. The van der Waals surface area contributed by atoms with Crippen molar-refractivity contribution in [1.29, 1.82) is 0 Å². The van der Waals surface area contributed by atoms with E-state index in [1.165, 1.54) is 12.1 Å². The van der Waals surface area contributed by atoms with E-state index in [9.17, 15) is 14.9 Å². The highest BCUT2D eigenvalue weighted by Gasteiger charge is 2.19. The fourth-order valence-corrected chi connectivity index (χ4v) is 1.71. The SMILES string of the molecule is Cc1cc([N+](=O)[O-])c(Cl)cc1NC(=O)c1nonc1N. The zero-order valence-electron chi connectivity index (χ0n) is 10.1. The van der Waals surface area contributed by atoms with Crippen molar-refractivity contribution in [2.24, 2.45) is 0 Å². The molecule has 0 spiro atoms. The molecule has 9 nitrogen and oxygen atoms in total. The molecule has 0 unspecified atom stereocenters. The topological polar surface area (TPSA) is 137 Å². The summed E-state index contributed by atoms with van der Waals surface area (Å²) in [6.45, 7) is 1.59. The summed E-state index contributed by atoms with van der Waals surface area (Å²) >= 11 is 5.77. The van der Waals surface area contributed by atoms with Crippen LogP contribution in [0.15, 0.2) is 16.8 Å². The summed E-state index contributed by atoms with van der Waals surface area (Å²) in [5.41, 5.74) is 5.72. The number of benzene rings is 1. The average molecular weight is 298 g/mol. The first-order valence-corrected chi connectivity index (χ1v) is 5.62. The molecular weight excluding hydrogens is 290 g/mol. The van der Waals surface area contributed by atoms with Crippen LogP contribution in [-0.2, 0) is 0 Å². The summed E-state index contributed by atoms with van der Waals surface area (Å²) in [5.74, 6) is -0.815. The number of nitrogens with one attached hydrogen (secondary N) is 1. The second-order valence-electron chi connectivity index (χ2n) is 3.83. The lowest BCUT2D eigenvalue weighted by molar-refractivity contribution is -0.384. The molecule has 1 amide bonds. The van der Waals surface area contributed by atoms with Gasteiger partial charge in [-0.2, -0.15) is 0 Å².